The summed E-state index contributed by atoms with van der Waals surface area (Å²) in [4.78, 5) is 10.3. The zero-order valence-electron chi connectivity index (χ0n) is 6.89. The number of nitrogens with one attached hydrogen (secondary N) is 1. The summed E-state index contributed by atoms with van der Waals surface area (Å²) in [6.07, 6.45) is 0.852. The van der Waals surface area contributed by atoms with Crippen LogP contribution in [0.25, 0.3) is 0 Å². The normalized spacial score (nSPS) is 9.69. The fourth-order valence-corrected chi connectivity index (χ4v) is 1.42. The molecule has 13 heavy (non-hydrogen) atoms. The fraction of sp³-hybridized carbons (Fsp3) is 0.222. The first-order chi connectivity index (χ1) is 6.18. The summed E-state index contributed by atoms with van der Waals surface area (Å²) in [5.74, 6) is 0. The molecule has 0 bridgehead atoms. The molecule has 0 spiro atoms. The van der Waals surface area contributed by atoms with Gasteiger partial charge in [-0.2, -0.15) is 0 Å². The highest BCUT2D eigenvalue weighted by Gasteiger charge is 1.94. The molecular formula is C9H9Br2NO. The van der Waals surface area contributed by atoms with E-state index in [1.165, 1.54) is 5.56 Å². The van der Waals surface area contributed by atoms with Gasteiger partial charge in [0.1, 0.15) is 0 Å². The molecule has 1 amide bonds. The molecule has 70 valence electrons. The van der Waals surface area contributed by atoms with Crippen molar-refractivity contribution in [1.82, 2.24) is 5.32 Å². The van der Waals surface area contributed by atoms with Gasteiger partial charge in [-0.15, -0.1) is 0 Å². The lowest BCUT2D eigenvalue weighted by Gasteiger charge is -2.01. The van der Waals surface area contributed by atoms with E-state index in [-0.39, 0.29) is 4.82 Å². The highest BCUT2D eigenvalue weighted by molar-refractivity contribution is 9.18. The van der Waals surface area contributed by atoms with Crippen molar-refractivity contribution in [3.05, 3.63) is 34.3 Å². The molecule has 0 saturated carbocycles. The van der Waals surface area contributed by atoms with Gasteiger partial charge in [0.05, 0.1) is 0 Å². The Morgan fingerprint density at radius 2 is 1.92 bits per heavy atom. The topological polar surface area (TPSA) is 29.1 Å². The van der Waals surface area contributed by atoms with Crippen LogP contribution in [0.2, 0.25) is 0 Å². The van der Waals surface area contributed by atoms with E-state index in [9.17, 15) is 4.79 Å². The predicted molar refractivity (Wildman–Crippen MR) is 60.2 cm³/mol. The SMILES string of the molecule is O=C(Br)NCCc1ccc(Br)cc1. The minimum absolute atomic E-state index is 0.162. The summed E-state index contributed by atoms with van der Waals surface area (Å²) >= 11 is 6.16. The highest BCUT2D eigenvalue weighted by Crippen LogP contribution is 2.10. The number of rotatable bonds is 3. The molecule has 0 aliphatic carbocycles. The summed E-state index contributed by atoms with van der Waals surface area (Å²) in [7, 11) is 0. The maximum Gasteiger partial charge on any atom is 0.287 e. The second-order valence-corrected chi connectivity index (χ2v) is 4.21. The van der Waals surface area contributed by atoms with Crippen molar-refractivity contribution in [2.75, 3.05) is 6.54 Å². The summed E-state index contributed by atoms with van der Waals surface area (Å²) in [6.45, 7) is 0.658. The third-order valence-electron chi connectivity index (χ3n) is 1.59. The van der Waals surface area contributed by atoms with Crippen LogP contribution in [0, 0.1) is 0 Å². The van der Waals surface area contributed by atoms with Gasteiger partial charge in [-0.1, -0.05) is 28.1 Å². The Hall–Kier alpha value is -0.350. The summed E-state index contributed by atoms with van der Waals surface area (Å²) in [5.41, 5.74) is 1.21. The Bertz CT molecular complexity index is 284. The van der Waals surface area contributed by atoms with E-state index in [2.05, 4.69) is 37.2 Å². The van der Waals surface area contributed by atoms with Crippen molar-refractivity contribution in [1.29, 1.82) is 0 Å². The van der Waals surface area contributed by atoms with Crippen molar-refractivity contribution < 1.29 is 4.79 Å². The van der Waals surface area contributed by atoms with Crippen LogP contribution < -0.4 is 5.32 Å². The van der Waals surface area contributed by atoms with E-state index in [0.717, 1.165) is 10.9 Å². The summed E-state index contributed by atoms with van der Waals surface area (Å²) < 4.78 is 1.07. The fourth-order valence-electron chi connectivity index (χ4n) is 0.956. The van der Waals surface area contributed by atoms with Gasteiger partial charge >= 0.3 is 0 Å². The Balaban J connectivity index is 2.37. The first-order valence-electron chi connectivity index (χ1n) is 3.86. The van der Waals surface area contributed by atoms with Gasteiger partial charge < -0.3 is 5.32 Å². The van der Waals surface area contributed by atoms with Crippen LogP contribution in [0.5, 0.6) is 0 Å². The monoisotopic (exact) mass is 305 g/mol. The quantitative estimate of drug-likeness (QED) is 0.675. The second-order valence-electron chi connectivity index (χ2n) is 2.58. The Kier molecular flexibility index (Phi) is 4.45. The van der Waals surface area contributed by atoms with Crippen molar-refractivity contribution in [3.8, 4) is 0 Å². The minimum atomic E-state index is -0.162. The number of carbonyl (C=O) groups excluding carboxylic acids is 1. The molecule has 2 nitrogen and oxygen atoms in total. The van der Waals surface area contributed by atoms with Crippen LogP contribution in [0.15, 0.2) is 28.7 Å². The molecule has 0 heterocycles. The van der Waals surface area contributed by atoms with E-state index < -0.39 is 0 Å². The zero-order valence-corrected chi connectivity index (χ0v) is 10.1. The smallest absolute Gasteiger partial charge is 0.287 e. The van der Waals surface area contributed by atoms with Crippen LogP contribution in [0.4, 0.5) is 4.79 Å². The molecule has 0 saturated heterocycles. The van der Waals surface area contributed by atoms with Gasteiger partial charge in [0.25, 0.3) is 4.82 Å². The van der Waals surface area contributed by atoms with Crippen molar-refractivity contribution in [2.45, 2.75) is 6.42 Å². The number of hydrogen-bond donors (Lipinski definition) is 1. The molecule has 0 aromatic heterocycles. The first kappa shape index (κ1) is 10.7. The molecule has 0 aliphatic heterocycles. The van der Waals surface area contributed by atoms with Gasteiger partial charge in [0, 0.05) is 26.9 Å². The Morgan fingerprint density at radius 1 is 1.31 bits per heavy atom. The molecular weight excluding hydrogens is 298 g/mol. The molecule has 0 atom stereocenters. The summed E-state index contributed by atoms with van der Waals surface area (Å²) in [5, 5.41) is 2.67. The Morgan fingerprint density at radius 3 is 2.46 bits per heavy atom. The van der Waals surface area contributed by atoms with Gasteiger partial charge in [-0.3, -0.25) is 4.79 Å². The van der Waals surface area contributed by atoms with E-state index in [1.54, 1.807) is 0 Å². The average Bonchev–Trinajstić information content (AvgIpc) is 2.08. The maximum absolute atomic E-state index is 10.5. The largest absolute Gasteiger partial charge is 0.346 e. The highest BCUT2D eigenvalue weighted by atomic mass is 79.9. The molecule has 1 N–H and O–H groups in total. The number of halogens is 2. The van der Waals surface area contributed by atoms with Crippen LogP contribution in [-0.4, -0.2) is 11.4 Å². The minimum Gasteiger partial charge on any atom is -0.346 e. The molecule has 0 unspecified atom stereocenters. The van der Waals surface area contributed by atoms with Crippen LogP contribution in [0.3, 0.4) is 0 Å². The summed E-state index contributed by atoms with van der Waals surface area (Å²) in [6, 6.07) is 8.05. The van der Waals surface area contributed by atoms with E-state index in [1.807, 2.05) is 24.3 Å². The predicted octanol–water partition coefficient (Wildman–Crippen LogP) is 3.10. The Labute approximate surface area is 94.0 Å². The van der Waals surface area contributed by atoms with Crippen molar-refractivity contribution in [3.63, 3.8) is 0 Å². The van der Waals surface area contributed by atoms with Gasteiger partial charge in [0.2, 0.25) is 0 Å². The number of hydrogen-bond acceptors (Lipinski definition) is 1. The average molecular weight is 307 g/mol. The van der Waals surface area contributed by atoms with Crippen molar-refractivity contribution in [2.24, 2.45) is 0 Å². The lowest BCUT2D eigenvalue weighted by molar-refractivity contribution is 0.262. The maximum atomic E-state index is 10.5. The van der Waals surface area contributed by atoms with Crippen LogP contribution in [0.1, 0.15) is 5.56 Å². The second kappa shape index (κ2) is 5.40. The molecule has 0 radical (unpaired) electrons. The lowest BCUT2D eigenvalue weighted by Crippen LogP contribution is -2.18. The molecule has 4 heteroatoms. The first-order valence-corrected chi connectivity index (χ1v) is 5.45. The molecule has 0 aliphatic rings. The third kappa shape index (κ3) is 4.43. The third-order valence-corrected chi connectivity index (χ3v) is 2.40. The van der Waals surface area contributed by atoms with Crippen LogP contribution in [-0.2, 0) is 6.42 Å². The lowest BCUT2D eigenvalue weighted by atomic mass is 10.1. The van der Waals surface area contributed by atoms with Gasteiger partial charge in [-0.25, -0.2) is 0 Å². The van der Waals surface area contributed by atoms with E-state index in [0.29, 0.717) is 6.54 Å². The van der Waals surface area contributed by atoms with Gasteiger partial charge in [0.15, 0.2) is 0 Å². The van der Waals surface area contributed by atoms with Crippen molar-refractivity contribution >= 4 is 36.7 Å². The zero-order chi connectivity index (χ0) is 9.68. The molecule has 1 aromatic carbocycles. The standard InChI is InChI=1S/C9H9Br2NO/c10-8-3-1-7(2-4-8)5-6-12-9(11)13/h1-4H,5-6H2,(H,12,13). The number of benzene rings is 1. The molecule has 1 rings (SSSR count). The van der Waals surface area contributed by atoms with Crippen LogP contribution >= 0.6 is 31.9 Å². The number of amides is 1. The van der Waals surface area contributed by atoms with E-state index >= 15 is 0 Å². The van der Waals surface area contributed by atoms with Gasteiger partial charge in [-0.05, 0) is 24.1 Å². The molecule has 0 fully saturated rings. The van der Waals surface area contributed by atoms with E-state index in [4.69, 9.17) is 0 Å². The number of carbonyl (C=O) groups is 1. The molecule has 1 aromatic rings.